The first kappa shape index (κ1) is 10.8. The van der Waals surface area contributed by atoms with E-state index in [1.807, 2.05) is 0 Å². The Labute approximate surface area is 79.0 Å². The van der Waals surface area contributed by atoms with Gasteiger partial charge in [0.2, 0.25) is 0 Å². The summed E-state index contributed by atoms with van der Waals surface area (Å²) in [5.74, 6) is -0.667. The number of hydrogen-bond acceptors (Lipinski definition) is 4. The van der Waals surface area contributed by atoms with Crippen LogP contribution in [0.5, 0.6) is 5.75 Å². The quantitative estimate of drug-likeness (QED) is 0.676. The number of aromatic nitrogens is 1. The maximum Gasteiger partial charge on any atom is 0.284 e. The van der Waals surface area contributed by atoms with Gasteiger partial charge in [-0.25, -0.2) is 13.8 Å². The molecule has 78 valence electrons. The zero-order chi connectivity index (χ0) is 10.7. The fourth-order valence-corrected chi connectivity index (χ4v) is 1.05. The van der Waals surface area contributed by atoms with Crippen LogP contribution in [0.25, 0.3) is 0 Å². The maximum absolute atomic E-state index is 12.3. The molecule has 0 bridgehead atoms. The second kappa shape index (κ2) is 4.30. The molecule has 0 aliphatic carbocycles. The number of aliphatic hydroxyl groups is 1. The molecule has 0 spiro atoms. The molecule has 0 unspecified atom stereocenters. The predicted octanol–water partition coefficient (Wildman–Crippen LogP) is 0.676. The zero-order valence-corrected chi connectivity index (χ0v) is 7.24. The van der Waals surface area contributed by atoms with Crippen LogP contribution in [0.2, 0.25) is 0 Å². The second-order valence-electron chi connectivity index (χ2n) is 2.67. The predicted molar refractivity (Wildman–Crippen MR) is 44.7 cm³/mol. The third kappa shape index (κ3) is 1.97. The average Bonchev–Trinajstić information content (AvgIpc) is 2.17. The molecule has 1 rings (SSSR count). The SMILES string of the molecule is NCc1cc(CO)c(O)c(C(F)F)n1. The van der Waals surface area contributed by atoms with Gasteiger partial charge in [0.1, 0.15) is 11.4 Å². The fourth-order valence-electron chi connectivity index (χ4n) is 1.05. The number of aliphatic hydroxyl groups excluding tert-OH is 1. The third-order valence-electron chi connectivity index (χ3n) is 1.74. The van der Waals surface area contributed by atoms with Gasteiger partial charge in [-0.3, -0.25) is 0 Å². The van der Waals surface area contributed by atoms with Crippen molar-refractivity contribution in [2.45, 2.75) is 19.6 Å². The van der Waals surface area contributed by atoms with Gasteiger partial charge in [0.25, 0.3) is 6.43 Å². The maximum atomic E-state index is 12.3. The average molecular weight is 204 g/mol. The monoisotopic (exact) mass is 204 g/mol. The Kier molecular flexibility index (Phi) is 3.32. The minimum absolute atomic E-state index is 0.00995. The van der Waals surface area contributed by atoms with E-state index in [0.29, 0.717) is 0 Å². The summed E-state index contributed by atoms with van der Waals surface area (Å²) >= 11 is 0. The van der Waals surface area contributed by atoms with E-state index in [0.717, 1.165) is 0 Å². The Morgan fingerprint density at radius 1 is 1.50 bits per heavy atom. The van der Waals surface area contributed by atoms with Gasteiger partial charge in [-0.1, -0.05) is 0 Å². The van der Waals surface area contributed by atoms with E-state index >= 15 is 0 Å². The minimum Gasteiger partial charge on any atom is -0.505 e. The fraction of sp³-hybridized carbons (Fsp3) is 0.375. The lowest BCUT2D eigenvalue weighted by atomic mass is 10.1. The molecule has 1 heterocycles. The molecule has 0 saturated carbocycles. The highest BCUT2D eigenvalue weighted by Gasteiger charge is 2.18. The summed E-state index contributed by atoms with van der Waals surface area (Å²) in [5, 5.41) is 18.0. The number of rotatable bonds is 3. The molecule has 0 fully saturated rings. The van der Waals surface area contributed by atoms with E-state index in [4.69, 9.17) is 10.8 Å². The third-order valence-corrected chi connectivity index (χ3v) is 1.74. The van der Waals surface area contributed by atoms with Crippen LogP contribution >= 0.6 is 0 Å². The van der Waals surface area contributed by atoms with E-state index in [9.17, 15) is 13.9 Å². The van der Waals surface area contributed by atoms with Crippen molar-refractivity contribution < 1.29 is 19.0 Å². The van der Waals surface area contributed by atoms with Crippen LogP contribution in [0.4, 0.5) is 8.78 Å². The summed E-state index contributed by atoms with van der Waals surface area (Å²) < 4.78 is 24.6. The lowest BCUT2D eigenvalue weighted by Gasteiger charge is -2.08. The highest BCUT2D eigenvalue weighted by Crippen LogP contribution is 2.29. The Bertz CT molecular complexity index is 331. The van der Waals surface area contributed by atoms with Crippen molar-refractivity contribution in [1.82, 2.24) is 4.98 Å². The molecule has 0 aliphatic heterocycles. The molecule has 4 N–H and O–H groups in total. The molecule has 0 amide bonds. The Balaban J connectivity index is 3.27. The van der Waals surface area contributed by atoms with Gasteiger partial charge in [-0.05, 0) is 6.07 Å². The molecule has 0 atom stereocenters. The molecule has 0 saturated heterocycles. The molecule has 0 aromatic carbocycles. The van der Waals surface area contributed by atoms with Crippen molar-refractivity contribution in [3.05, 3.63) is 23.0 Å². The van der Waals surface area contributed by atoms with Gasteiger partial charge in [-0.15, -0.1) is 0 Å². The topological polar surface area (TPSA) is 79.4 Å². The molecule has 1 aromatic rings. The van der Waals surface area contributed by atoms with Crippen molar-refractivity contribution in [3.63, 3.8) is 0 Å². The van der Waals surface area contributed by atoms with Gasteiger partial charge in [-0.2, -0.15) is 0 Å². The first-order chi connectivity index (χ1) is 6.60. The molecule has 0 radical (unpaired) electrons. The van der Waals surface area contributed by atoms with Crippen LogP contribution in [0.15, 0.2) is 6.07 Å². The lowest BCUT2D eigenvalue weighted by Crippen LogP contribution is -2.05. The second-order valence-corrected chi connectivity index (χ2v) is 2.67. The van der Waals surface area contributed by atoms with E-state index in [1.54, 1.807) is 0 Å². The largest absolute Gasteiger partial charge is 0.505 e. The number of nitrogens with zero attached hydrogens (tertiary/aromatic N) is 1. The number of hydrogen-bond donors (Lipinski definition) is 3. The highest BCUT2D eigenvalue weighted by molar-refractivity contribution is 5.38. The van der Waals surface area contributed by atoms with Crippen LogP contribution in [-0.2, 0) is 13.2 Å². The van der Waals surface area contributed by atoms with Gasteiger partial charge in [0.15, 0.2) is 0 Å². The number of nitrogens with two attached hydrogens (primary N) is 1. The number of aromatic hydroxyl groups is 1. The first-order valence-electron chi connectivity index (χ1n) is 3.90. The standard InChI is InChI=1S/C8H10F2N2O2/c9-8(10)6-7(14)4(3-13)1-5(2-11)12-6/h1,8,13-14H,2-3,11H2. The summed E-state index contributed by atoms with van der Waals surface area (Å²) in [6.07, 6.45) is -2.88. The molecule has 6 heteroatoms. The lowest BCUT2D eigenvalue weighted by molar-refractivity contribution is 0.140. The molecule has 14 heavy (non-hydrogen) atoms. The van der Waals surface area contributed by atoms with Crippen LogP contribution in [-0.4, -0.2) is 15.2 Å². The van der Waals surface area contributed by atoms with Gasteiger partial charge in [0.05, 0.1) is 12.3 Å². The normalized spacial score (nSPS) is 10.9. The molecular formula is C8H10F2N2O2. The van der Waals surface area contributed by atoms with Crippen LogP contribution in [0.3, 0.4) is 0 Å². The van der Waals surface area contributed by atoms with Crippen molar-refractivity contribution in [3.8, 4) is 5.75 Å². The molecular weight excluding hydrogens is 194 g/mol. The molecule has 0 aliphatic rings. The van der Waals surface area contributed by atoms with E-state index in [1.165, 1.54) is 6.07 Å². The summed E-state index contributed by atoms with van der Waals surface area (Å²) in [6.45, 7) is -0.548. The molecule has 1 aromatic heterocycles. The number of halogens is 2. The first-order valence-corrected chi connectivity index (χ1v) is 3.90. The van der Waals surface area contributed by atoms with E-state index in [2.05, 4.69) is 4.98 Å². The summed E-state index contributed by atoms with van der Waals surface area (Å²) in [4.78, 5) is 3.46. The number of pyridine rings is 1. The summed E-state index contributed by atoms with van der Waals surface area (Å²) in [7, 11) is 0. The zero-order valence-electron chi connectivity index (χ0n) is 7.24. The Morgan fingerprint density at radius 2 is 2.14 bits per heavy atom. The Morgan fingerprint density at radius 3 is 2.57 bits per heavy atom. The highest BCUT2D eigenvalue weighted by atomic mass is 19.3. The van der Waals surface area contributed by atoms with Crippen molar-refractivity contribution in [2.24, 2.45) is 5.73 Å². The van der Waals surface area contributed by atoms with Crippen LogP contribution in [0.1, 0.15) is 23.4 Å². The van der Waals surface area contributed by atoms with Gasteiger partial charge >= 0.3 is 0 Å². The van der Waals surface area contributed by atoms with E-state index < -0.39 is 24.5 Å². The summed E-state index contributed by atoms with van der Waals surface area (Å²) in [5.41, 5.74) is 4.70. The van der Waals surface area contributed by atoms with Crippen molar-refractivity contribution >= 4 is 0 Å². The summed E-state index contributed by atoms with van der Waals surface area (Å²) in [6, 6.07) is 1.29. The number of alkyl halides is 2. The van der Waals surface area contributed by atoms with Crippen LogP contribution in [0, 0.1) is 0 Å². The minimum atomic E-state index is -2.88. The van der Waals surface area contributed by atoms with Crippen molar-refractivity contribution in [1.29, 1.82) is 0 Å². The molecule has 4 nitrogen and oxygen atoms in total. The van der Waals surface area contributed by atoms with E-state index in [-0.39, 0.29) is 17.8 Å². The Hall–Kier alpha value is -1.27. The smallest absolute Gasteiger partial charge is 0.284 e. The van der Waals surface area contributed by atoms with Gasteiger partial charge in [0, 0.05) is 12.1 Å². The van der Waals surface area contributed by atoms with Gasteiger partial charge < -0.3 is 15.9 Å². The van der Waals surface area contributed by atoms with Crippen molar-refractivity contribution in [2.75, 3.05) is 0 Å². The van der Waals surface area contributed by atoms with Crippen LogP contribution < -0.4 is 5.73 Å².